The minimum Gasteiger partial charge on any atom is -0.493 e. The van der Waals surface area contributed by atoms with Crippen LogP contribution in [0.1, 0.15) is 23.6 Å². The molecule has 9 heteroatoms. The van der Waals surface area contributed by atoms with Crippen molar-refractivity contribution in [2.45, 2.75) is 20.8 Å². The molecule has 8 nitrogen and oxygen atoms in total. The predicted octanol–water partition coefficient (Wildman–Crippen LogP) is 4.98. The molecule has 2 aliphatic heterocycles. The maximum Gasteiger partial charge on any atom is 0.282 e. The molecule has 2 aromatic rings. The third kappa shape index (κ3) is 4.84. The Hall–Kier alpha value is -3.59. The number of methoxy groups -OCH3 is 1. The second-order valence-corrected chi connectivity index (χ2v) is 8.68. The van der Waals surface area contributed by atoms with E-state index in [1.807, 2.05) is 32.0 Å². The van der Waals surface area contributed by atoms with Gasteiger partial charge >= 0.3 is 0 Å². The Morgan fingerprint density at radius 2 is 1.88 bits per heavy atom. The van der Waals surface area contributed by atoms with Crippen LogP contribution < -0.4 is 14.2 Å². The summed E-state index contributed by atoms with van der Waals surface area (Å²) in [5.41, 5.74) is 2.94. The van der Waals surface area contributed by atoms with Gasteiger partial charge in [-0.15, -0.1) is 5.06 Å². The van der Waals surface area contributed by atoms with Gasteiger partial charge in [-0.1, -0.05) is 12.1 Å². The molecule has 0 aromatic heterocycles. The summed E-state index contributed by atoms with van der Waals surface area (Å²) in [7, 11) is 1.54. The Labute approximate surface area is 206 Å². The Kier molecular flexibility index (Phi) is 6.74. The van der Waals surface area contributed by atoms with Gasteiger partial charge in [0.15, 0.2) is 23.2 Å². The van der Waals surface area contributed by atoms with Crippen LogP contribution in [0.5, 0.6) is 17.2 Å². The van der Waals surface area contributed by atoms with Crippen molar-refractivity contribution in [2.24, 2.45) is 4.99 Å². The average Bonchev–Trinajstić information content (AvgIpc) is 3.17. The summed E-state index contributed by atoms with van der Waals surface area (Å²) in [5.74, 6) is 2.09. The van der Waals surface area contributed by atoms with Crippen LogP contribution in [0.4, 0.5) is 0 Å². The first-order chi connectivity index (χ1) is 16.3. The lowest BCUT2D eigenvalue weighted by molar-refractivity contribution is -0.114. The second-order valence-electron chi connectivity index (χ2n) is 7.82. The molecule has 0 saturated carbocycles. The minimum atomic E-state index is -0.509. The number of hydroxylamine groups is 2. The fourth-order valence-corrected chi connectivity index (χ4v) is 4.06. The van der Waals surface area contributed by atoms with E-state index in [1.54, 1.807) is 31.2 Å². The van der Waals surface area contributed by atoms with E-state index in [9.17, 15) is 4.79 Å². The van der Waals surface area contributed by atoms with E-state index < -0.39 is 5.91 Å². The van der Waals surface area contributed by atoms with Crippen LogP contribution in [0.3, 0.4) is 0 Å². The summed E-state index contributed by atoms with van der Waals surface area (Å²) >= 11 is 3.52. The van der Waals surface area contributed by atoms with E-state index in [0.29, 0.717) is 46.3 Å². The number of allylic oxidation sites excluding steroid dienone is 1. The summed E-state index contributed by atoms with van der Waals surface area (Å²) in [4.78, 5) is 22.0. The number of halogens is 1. The molecule has 1 N–H and O–H groups in total. The molecule has 0 bridgehead atoms. The number of aryl methyl sites for hydroxylation is 2. The van der Waals surface area contributed by atoms with Crippen molar-refractivity contribution in [3.8, 4) is 17.2 Å². The number of nitrogens with one attached hydrogen (secondary N) is 1. The number of hydrogen-bond acceptors (Lipinski definition) is 6. The van der Waals surface area contributed by atoms with Gasteiger partial charge in [-0.3, -0.25) is 10.2 Å². The molecule has 0 fully saturated rings. The highest BCUT2D eigenvalue weighted by Gasteiger charge is 2.34. The zero-order valence-corrected chi connectivity index (χ0v) is 20.9. The third-order valence-electron chi connectivity index (χ3n) is 5.17. The average molecular weight is 526 g/mol. The van der Waals surface area contributed by atoms with Crippen molar-refractivity contribution in [2.75, 3.05) is 20.3 Å². The van der Waals surface area contributed by atoms with Gasteiger partial charge in [-0.05, 0) is 77.7 Å². The molecule has 1 amide bonds. The molecule has 2 heterocycles. The van der Waals surface area contributed by atoms with Crippen LogP contribution in [0, 0.1) is 19.3 Å². The fourth-order valence-electron chi connectivity index (χ4n) is 3.49. The molecular weight excluding hydrogens is 502 g/mol. The normalized spacial score (nSPS) is 16.1. The van der Waals surface area contributed by atoms with E-state index >= 15 is 0 Å². The topological polar surface area (TPSA) is 93.4 Å². The summed E-state index contributed by atoms with van der Waals surface area (Å²) in [6.07, 6.45) is 3.18. The Morgan fingerprint density at radius 3 is 2.65 bits per heavy atom. The van der Waals surface area contributed by atoms with Crippen molar-refractivity contribution in [1.82, 2.24) is 5.06 Å². The lowest BCUT2D eigenvalue weighted by Gasteiger charge is -2.23. The number of nitrogens with zero attached hydrogens (tertiary/aromatic N) is 2. The van der Waals surface area contributed by atoms with Crippen molar-refractivity contribution in [1.29, 1.82) is 5.41 Å². The summed E-state index contributed by atoms with van der Waals surface area (Å²) in [6.45, 7) is 6.42. The summed E-state index contributed by atoms with van der Waals surface area (Å²) < 4.78 is 17.9. The molecule has 34 heavy (non-hydrogen) atoms. The largest absolute Gasteiger partial charge is 0.493 e. The molecule has 0 unspecified atom stereocenters. The van der Waals surface area contributed by atoms with Crippen LogP contribution in [-0.4, -0.2) is 43.0 Å². The maximum absolute atomic E-state index is 12.5. The monoisotopic (exact) mass is 525 g/mol. The highest BCUT2D eigenvalue weighted by molar-refractivity contribution is 9.10. The lowest BCUT2D eigenvalue weighted by Crippen LogP contribution is -2.38. The second kappa shape index (κ2) is 9.72. The van der Waals surface area contributed by atoms with Crippen molar-refractivity contribution in [3.05, 3.63) is 68.9 Å². The van der Waals surface area contributed by atoms with Crippen LogP contribution in [-0.2, 0) is 9.63 Å². The van der Waals surface area contributed by atoms with E-state index in [0.717, 1.165) is 16.9 Å². The van der Waals surface area contributed by atoms with Crippen LogP contribution in [0.25, 0.3) is 6.08 Å². The summed E-state index contributed by atoms with van der Waals surface area (Å²) in [6, 6.07) is 9.57. The third-order valence-corrected chi connectivity index (χ3v) is 5.76. The first-order valence-electron chi connectivity index (χ1n) is 10.6. The Morgan fingerprint density at radius 1 is 1.12 bits per heavy atom. The molecule has 0 atom stereocenters. The number of amidine groups is 2. The number of rotatable bonds is 7. The van der Waals surface area contributed by atoms with Gasteiger partial charge in [-0.2, -0.15) is 4.99 Å². The van der Waals surface area contributed by atoms with Crippen LogP contribution in [0.15, 0.2) is 57.2 Å². The first-order valence-corrected chi connectivity index (χ1v) is 11.4. The fraction of sp³-hybridized carbons (Fsp3) is 0.240. The smallest absolute Gasteiger partial charge is 0.282 e. The molecule has 4 rings (SSSR count). The van der Waals surface area contributed by atoms with Gasteiger partial charge in [0.25, 0.3) is 5.91 Å². The number of carbonyl (C=O) groups is 1. The zero-order chi connectivity index (χ0) is 24.4. The Balaban J connectivity index is 1.48. The van der Waals surface area contributed by atoms with Gasteiger partial charge in [0.05, 0.1) is 17.2 Å². The number of amides is 1. The number of hydrogen-bond donors (Lipinski definition) is 1. The predicted molar refractivity (Wildman–Crippen MR) is 132 cm³/mol. The van der Waals surface area contributed by atoms with Gasteiger partial charge in [0, 0.05) is 6.08 Å². The SMILES string of the molecule is COc1cc(/C=C2\C(=N)N3OC(C)=CC3=NC2=O)cc(Br)c1OCCOc1cc(C)ccc1C. The molecule has 2 aromatic carbocycles. The van der Waals surface area contributed by atoms with E-state index in [1.165, 1.54) is 12.2 Å². The standard InChI is InChI=1S/C25H24BrN3O5/c1-14-5-6-15(2)20(9-14)32-7-8-33-23-19(26)12-17(13-21(23)31-4)11-18-24(27)29-22(28-25(18)30)10-16(3)34-29/h5-6,9-13,27H,7-8H2,1-4H3/b18-11+,27-24?. The lowest BCUT2D eigenvalue weighted by atomic mass is 10.1. The Bertz CT molecular complexity index is 1270. The highest BCUT2D eigenvalue weighted by atomic mass is 79.9. The number of carbonyl (C=O) groups excluding carboxylic acids is 1. The van der Waals surface area contributed by atoms with Crippen LogP contribution in [0.2, 0.25) is 0 Å². The minimum absolute atomic E-state index is 0.0814. The number of aliphatic imine (C=N–C) groups is 1. The van der Waals surface area contributed by atoms with Crippen molar-refractivity contribution >= 4 is 39.6 Å². The van der Waals surface area contributed by atoms with Gasteiger partial charge in [-0.25, -0.2) is 0 Å². The van der Waals surface area contributed by atoms with Crippen molar-refractivity contribution < 1.29 is 23.8 Å². The molecule has 176 valence electrons. The van der Waals surface area contributed by atoms with E-state index in [-0.39, 0.29) is 11.4 Å². The van der Waals surface area contributed by atoms with Crippen molar-refractivity contribution in [3.63, 3.8) is 0 Å². The molecule has 0 spiro atoms. The maximum atomic E-state index is 12.5. The molecule has 0 saturated heterocycles. The molecule has 2 aliphatic rings. The first kappa shape index (κ1) is 23.6. The quantitative estimate of drug-likeness (QED) is 0.404. The van der Waals surface area contributed by atoms with Gasteiger partial charge in [0.2, 0.25) is 0 Å². The van der Waals surface area contributed by atoms with Gasteiger partial charge < -0.3 is 19.0 Å². The number of ether oxygens (including phenoxy) is 3. The molecule has 0 aliphatic carbocycles. The number of fused-ring (bicyclic) bond motifs is 1. The summed E-state index contributed by atoms with van der Waals surface area (Å²) in [5, 5.41) is 9.59. The van der Waals surface area contributed by atoms with E-state index in [2.05, 4.69) is 20.9 Å². The van der Waals surface area contributed by atoms with Gasteiger partial charge in [0.1, 0.15) is 24.7 Å². The number of benzene rings is 2. The van der Waals surface area contributed by atoms with E-state index in [4.69, 9.17) is 24.5 Å². The van der Waals surface area contributed by atoms with Crippen LogP contribution >= 0.6 is 15.9 Å². The molecular formula is C25H24BrN3O5. The zero-order valence-electron chi connectivity index (χ0n) is 19.3. The molecule has 0 radical (unpaired) electrons. The highest BCUT2D eigenvalue weighted by Crippen LogP contribution is 2.37.